The summed E-state index contributed by atoms with van der Waals surface area (Å²) in [6.07, 6.45) is 2.01. The minimum atomic E-state index is 0.0583. The molecule has 0 aliphatic heterocycles. The summed E-state index contributed by atoms with van der Waals surface area (Å²) in [6, 6.07) is 0.0583. The molecule has 1 heterocycles. The van der Waals surface area contributed by atoms with Crippen molar-refractivity contribution in [3.05, 3.63) is 17.5 Å². The van der Waals surface area contributed by atoms with Crippen LogP contribution in [0.3, 0.4) is 0 Å². The average Bonchev–Trinajstić information content (AvgIpc) is 2.29. The van der Waals surface area contributed by atoms with Crippen LogP contribution in [-0.4, -0.2) is 9.78 Å². The lowest BCUT2D eigenvalue weighted by atomic mass is 9.88. The molecule has 2 N–H and O–H groups in total. The van der Waals surface area contributed by atoms with Crippen molar-refractivity contribution in [2.24, 2.45) is 12.8 Å². The first-order valence-electron chi connectivity index (χ1n) is 4.62. The first kappa shape index (κ1) is 10.3. The van der Waals surface area contributed by atoms with Crippen LogP contribution in [0.15, 0.2) is 6.20 Å². The van der Waals surface area contributed by atoms with Crippen molar-refractivity contribution in [3.63, 3.8) is 0 Å². The summed E-state index contributed by atoms with van der Waals surface area (Å²) in [5.74, 6) is 0. The fourth-order valence-electron chi connectivity index (χ4n) is 1.42. The van der Waals surface area contributed by atoms with Crippen LogP contribution >= 0.6 is 0 Å². The summed E-state index contributed by atoms with van der Waals surface area (Å²) < 4.78 is 1.83. The van der Waals surface area contributed by atoms with Crippen LogP contribution < -0.4 is 5.73 Å². The molecule has 0 aliphatic carbocycles. The molecule has 74 valence electrons. The van der Waals surface area contributed by atoms with E-state index in [1.54, 1.807) is 0 Å². The van der Waals surface area contributed by atoms with Crippen molar-refractivity contribution < 1.29 is 0 Å². The van der Waals surface area contributed by atoms with E-state index in [-0.39, 0.29) is 11.5 Å². The number of nitrogens with two attached hydrogens (primary N) is 1. The number of rotatable bonds is 1. The molecule has 0 amide bonds. The van der Waals surface area contributed by atoms with E-state index in [1.165, 1.54) is 0 Å². The lowest BCUT2D eigenvalue weighted by molar-refractivity contribution is 0.544. The zero-order valence-electron chi connectivity index (χ0n) is 9.13. The summed E-state index contributed by atoms with van der Waals surface area (Å²) in [7, 11) is 1.93. The highest BCUT2D eigenvalue weighted by Crippen LogP contribution is 2.26. The van der Waals surface area contributed by atoms with Crippen LogP contribution in [0.4, 0.5) is 0 Å². The van der Waals surface area contributed by atoms with E-state index in [9.17, 15) is 0 Å². The molecular formula is C10H19N3. The first-order valence-corrected chi connectivity index (χ1v) is 4.62. The van der Waals surface area contributed by atoms with Gasteiger partial charge < -0.3 is 5.73 Å². The van der Waals surface area contributed by atoms with Gasteiger partial charge in [0.1, 0.15) is 0 Å². The van der Waals surface area contributed by atoms with Crippen molar-refractivity contribution in [2.45, 2.75) is 39.2 Å². The van der Waals surface area contributed by atoms with Gasteiger partial charge >= 0.3 is 0 Å². The predicted molar refractivity (Wildman–Crippen MR) is 54.5 cm³/mol. The molecule has 0 spiro atoms. The van der Waals surface area contributed by atoms with Crippen LogP contribution in [0.5, 0.6) is 0 Å². The maximum absolute atomic E-state index is 5.87. The molecule has 3 nitrogen and oxygen atoms in total. The molecule has 1 aromatic heterocycles. The standard InChI is InChI=1S/C10H19N3/c1-7(11)8-6-13(5)12-9(8)10(2,3)4/h6-7H,11H2,1-5H3/t7-/m1/s1. The minimum absolute atomic E-state index is 0.0583. The van der Waals surface area contributed by atoms with Gasteiger partial charge in [0.2, 0.25) is 0 Å². The van der Waals surface area contributed by atoms with Gasteiger partial charge in [-0.15, -0.1) is 0 Å². The SMILES string of the molecule is C[C@@H](N)c1cn(C)nc1C(C)(C)C. The number of aromatic nitrogens is 2. The normalized spacial score (nSPS) is 14.6. The van der Waals surface area contributed by atoms with Crippen LogP contribution in [0.2, 0.25) is 0 Å². The Kier molecular flexibility index (Phi) is 2.48. The van der Waals surface area contributed by atoms with Crippen molar-refractivity contribution in [2.75, 3.05) is 0 Å². The Labute approximate surface area is 79.9 Å². The lowest BCUT2D eigenvalue weighted by Crippen LogP contribution is -2.17. The fraction of sp³-hybridized carbons (Fsp3) is 0.700. The monoisotopic (exact) mass is 181 g/mol. The summed E-state index contributed by atoms with van der Waals surface area (Å²) in [5.41, 5.74) is 8.19. The summed E-state index contributed by atoms with van der Waals surface area (Å²) >= 11 is 0. The highest BCUT2D eigenvalue weighted by atomic mass is 15.3. The highest BCUT2D eigenvalue weighted by molar-refractivity contribution is 5.26. The second-order valence-electron chi connectivity index (χ2n) is 4.65. The quantitative estimate of drug-likeness (QED) is 0.717. The van der Waals surface area contributed by atoms with Gasteiger partial charge in [-0.2, -0.15) is 5.10 Å². The molecule has 3 heteroatoms. The largest absolute Gasteiger partial charge is 0.324 e. The summed E-state index contributed by atoms with van der Waals surface area (Å²) in [6.45, 7) is 8.45. The van der Waals surface area contributed by atoms with Crippen LogP contribution in [0.25, 0.3) is 0 Å². The summed E-state index contributed by atoms with van der Waals surface area (Å²) in [5, 5.41) is 4.44. The number of hydrogen-bond donors (Lipinski definition) is 1. The van der Waals surface area contributed by atoms with E-state index in [4.69, 9.17) is 5.73 Å². The maximum atomic E-state index is 5.87. The van der Waals surface area contributed by atoms with Gasteiger partial charge in [0.05, 0.1) is 5.69 Å². The van der Waals surface area contributed by atoms with E-state index in [2.05, 4.69) is 25.9 Å². The van der Waals surface area contributed by atoms with E-state index in [0.717, 1.165) is 11.3 Å². The van der Waals surface area contributed by atoms with Gasteiger partial charge in [-0.25, -0.2) is 0 Å². The molecule has 0 bridgehead atoms. The topological polar surface area (TPSA) is 43.8 Å². The third-order valence-corrected chi connectivity index (χ3v) is 2.06. The first-order chi connectivity index (χ1) is 5.82. The molecular weight excluding hydrogens is 162 g/mol. The molecule has 0 radical (unpaired) electrons. The van der Waals surface area contributed by atoms with E-state index >= 15 is 0 Å². The fourth-order valence-corrected chi connectivity index (χ4v) is 1.42. The van der Waals surface area contributed by atoms with Gasteiger partial charge in [-0.1, -0.05) is 20.8 Å². The molecule has 1 atom stereocenters. The molecule has 1 rings (SSSR count). The minimum Gasteiger partial charge on any atom is -0.324 e. The van der Waals surface area contributed by atoms with Crippen molar-refractivity contribution in [1.82, 2.24) is 9.78 Å². The maximum Gasteiger partial charge on any atom is 0.0725 e. The van der Waals surface area contributed by atoms with Crippen LogP contribution in [-0.2, 0) is 12.5 Å². The van der Waals surface area contributed by atoms with E-state index in [0.29, 0.717) is 0 Å². The molecule has 0 saturated heterocycles. The molecule has 13 heavy (non-hydrogen) atoms. The van der Waals surface area contributed by atoms with Crippen molar-refractivity contribution in [3.8, 4) is 0 Å². The van der Waals surface area contributed by atoms with Gasteiger partial charge in [-0.3, -0.25) is 4.68 Å². The predicted octanol–water partition coefficient (Wildman–Crippen LogP) is 1.74. The van der Waals surface area contributed by atoms with Gasteiger partial charge in [0.15, 0.2) is 0 Å². The molecule has 1 aromatic rings. The Morgan fingerprint density at radius 3 is 2.31 bits per heavy atom. The highest BCUT2D eigenvalue weighted by Gasteiger charge is 2.23. The average molecular weight is 181 g/mol. The zero-order chi connectivity index (χ0) is 10.2. The molecule has 0 saturated carbocycles. The lowest BCUT2D eigenvalue weighted by Gasteiger charge is -2.18. The Morgan fingerprint density at radius 2 is 2.00 bits per heavy atom. The number of aryl methyl sites for hydroxylation is 1. The van der Waals surface area contributed by atoms with E-state index < -0.39 is 0 Å². The molecule has 0 unspecified atom stereocenters. The van der Waals surface area contributed by atoms with Crippen molar-refractivity contribution in [1.29, 1.82) is 0 Å². The number of nitrogens with zero attached hydrogens (tertiary/aromatic N) is 2. The van der Waals surface area contributed by atoms with Crippen molar-refractivity contribution >= 4 is 0 Å². The Balaban J connectivity index is 3.20. The van der Waals surface area contributed by atoms with Gasteiger partial charge in [0, 0.05) is 30.3 Å². The second-order valence-corrected chi connectivity index (χ2v) is 4.65. The molecule has 0 aliphatic rings. The number of hydrogen-bond acceptors (Lipinski definition) is 2. The van der Waals surface area contributed by atoms with Crippen LogP contribution in [0, 0.1) is 0 Å². The Morgan fingerprint density at radius 1 is 1.46 bits per heavy atom. The third-order valence-electron chi connectivity index (χ3n) is 2.06. The van der Waals surface area contributed by atoms with Crippen LogP contribution in [0.1, 0.15) is 45.0 Å². The summed E-state index contributed by atoms with van der Waals surface area (Å²) in [4.78, 5) is 0. The Bertz CT molecular complexity index is 292. The van der Waals surface area contributed by atoms with Gasteiger partial charge in [-0.05, 0) is 6.92 Å². The zero-order valence-corrected chi connectivity index (χ0v) is 9.13. The van der Waals surface area contributed by atoms with Gasteiger partial charge in [0.25, 0.3) is 0 Å². The third kappa shape index (κ3) is 2.10. The van der Waals surface area contributed by atoms with E-state index in [1.807, 2.05) is 24.9 Å². The smallest absolute Gasteiger partial charge is 0.0725 e. The second kappa shape index (κ2) is 3.14. The Hall–Kier alpha value is -0.830. The molecule has 0 fully saturated rings. The molecule has 0 aromatic carbocycles.